The summed E-state index contributed by atoms with van der Waals surface area (Å²) in [7, 11) is 0. The maximum atomic E-state index is 9.76. The van der Waals surface area contributed by atoms with E-state index in [-0.39, 0.29) is 22.4 Å². The minimum Gasteiger partial charge on any atom is -0.550 e. The number of hydrogen-bond donors (Lipinski definition) is 1. The molecule has 0 spiro atoms. The summed E-state index contributed by atoms with van der Waals surface area (Å²) in [6, 6.07) is 0. The molecule has 0 aromatic rings. The third-order valence-electron chi connectivity index (χ3n) is 0.632. The van der Waals surface area contributed by atoms with Crippen molar-refractivity contribution in [3.63, 3.8) is 0 Å². The molecule has 0 saturated heterocycles. The fourth-order valence-electron chi connectivity index (χ4n) is 0.241. The van der Waals surface area contributed by atoms with E-state index in [1.807, 2.05) is 0 Å². The van der Waals surface area contributed by atoms with Gasteiger partial charge in [0.2, 0.25) is 0 Å². The van der Waals surface area contributed by atoms with Gasteiger partial charge in [-0.2, -0.15) is 12.6 Å². The Labute approximate surface area is 78.5 Å². The van der Waals surface area contributed by atoms with Gasteiger partial charge in [-0.1, -0.05) is 0 Å². The molecule has 4 nitrogen and oxygen atoms in total. The van der Waals surface area contributed by atoms with Crippen molar-refractivity contribution in [2.45, 2.75) is 11.7 Å². The largest absolute Gasteiger partial charge is 0.550 e. The molecule has 10 heavy (non-hydrogen) atoms. The van der Waals surface area contributed by atoms with Crippen LogP contribution in [0.1, 0.15) is 6.42 Å². The minimum absolute atomic E-state index is 0. The summed E-state index contributed by atoms with van der Waals surface area (Å²) < 4.78 is 0. The maximum Gasteiger partial charge on any atom is 0.0545 e. The Bertz CT molecular complexity index is 137. The van der Waals surface area contributed by atoms with Crippen LogP contribution in [0.5, 0.6) is 0 Å². The number of carboxylic acid groups (broad SMARTS) is 2. The van der Waals surface area contributed by atoms with Crippen molar-refractivity contribution in [1.82, 2.24) is 0 Å². The van der Waals surface area contributed by atoms with Crippen molar-refractivity contribution in [3.05, 3.63) is 0 Å². The molecule has 0 saturated carbocycles. The number of hydrogen-bond acceptors (Lipinski definition) is 5. The van der Waals surface area contributed by atoms with Gasteiger partial charge in [0.15, 0.2) is 0 Å². The molecule has 6 heteroatoms. The fourth-order valence-corrected chi connectivity index (χ4v) is 0.390. The Balaban J connectivity index is 0. The zero-order valence-electron chi connectivity index (χ0n) is 4.67. The van der Waals surface area contributed by atoms with Crippen LogP contribution in [0.2, 0.25) is 0 Å². The van der Waals surface area contributed by atoms with Gasteiger partial charge in [-0.3, -0.25) is 0 Å². The average molecular weight is 256 g/mol. The van der Waals surface area contributed by atoms with E-state index in [0.717, 1.165) is 0 Å². The van der Waals surface area contributed by atoms with Crippen LogP contribution in [0.25, 0.3) is 0 Å². The number of rotatable bonds is 3. The minimum atomic E-state index is -1.50. The van der Waals surface area contributed by atoms with E-state index in [9.17, 15) is 19.8 Å². The Morgan fingerprint density at radius 1 is 1.40 bits per heavy atom. The van der Waals surface area contributed by atoms with Crippen LogP contribution in [0.15, 0.2) is 0 Å². The van der Waals surface area contributed by atoms with Gasteiger partial charge in [0.05, 0.1) is 5.97 Å². The van der Waals surface area contributed by atoms with Gasteiger partial charge >= 0.3 is 0 Å². The molecule has 0 aromatic carbocycles. The van der Waals surface area contributed by atoms with Gasteiger partial charge in [-0.15, -0.1) is 0 Å². The van der Waals surface area contributed by atoms with E-state index in [2.05, 4.69) is 12.6 Å². The van der Waals surface area contributed by atoms with Crippen LogP contribution in [-0.4, -0.2) is 17.2 Å². The summed E-state index contributed by atoms with van der Waals surface area (Å²) in [6.45, 7) is 0. The molecule has 0 aliphatic heterocycles. The van der Waals surface area contributed by atoms with Gasteiger partial charge in [-0.25, -0.2) is 0 Å². The maximum absolute atomic E-state index is 9.76. The van der Waals surface area contributed by atoms with E-state index in [1.165, 1.54) is 0 Å². The molecule has 1 radical (unpaired) electrons. The summed E-state index contributed by atoms with van der Waals surface area (Å²) in [5.74, 6) is -2.94. The molecule has 0 rings (SSSR count). The third kappa shape index (κ3) is 6.15. The standard InChI is InChI=1S/C4H6O4S.Ag/c5-3(6)1-2(9)4(7)8;/h2,9H,1H2,(H,5,6)(H,7,8);/p-2. The van der Waals surface area contributed by atoms with Crippen molar-refractivity contribution in [1.29, 1.82) is 0 Å². The van der Waals surface area contributed by atoms with Gasteiger partial charge in [0.1, 0.15) is 0 Å². The molecular weight excluding hydrogens is 252 g/mol. The molecule has 63 valence electrons. The first kappa shape index (κ1) is 12.7. The Kier molecular flexibility index (Phi) is 7.34. The van der Waals surface area contributed by atoms with Gasteiger partial charge in [-0.05, 0) is 0 Å². The molecule has 0 aliphatic carbocycles. The molecule has 0 heterocycles. The average Bonchev–Trinajstić information content (AvgIpc) is 1.63. The van der Waals surface area contributed by atoms with Gasteiger partial charge in [0, 0.05) is 40.0 Å². The summed E-state index contributed by atoms with van der Waals surface area (Å²) in [5, 5.41) is 18.2. The Hall–Kier alpha value is 0.0303. The molecule has 0 aliphatic rings. The zero-order valence-corrected chi connectivity index (χ0v) is 7.04. The zero-order chi connectivity index (χ0) is 7.44. The SMILES string of the molecule is O=C([O-])CC(S)C(=O)[O-].[Ag]. The predicted molar refractivity (Wildman–Crippen MR) is 27.4 cm³/mol. The van der Waals surface area contributed by atoms with Crippen molar-refractivity contribution < 1.29 is 42.2 Å². The summed E-state index contributed by atoms with van der Waals surface area (Å²) in [6.07, 6.45) is -0.620. The van der Waals surface area contributed by atoms with Crippen LogP contribution >= 0.6 is 12.6 Å². The van der Waals surface area contributed by atoms with E-state index in [0.29, 0.717) is 0 Å². The van der Waals surface area contributed by atoms with Gasteiger partial charge in [0.25, 0.3) is 0 Å². The molecule has 0 fully saturated rings. The third-order valence-corrected chi connectivity index (χ3v) is 1.03. The van der Waals surface area contributed by atoms with Crippen molar-refractivity contribution in [2.24, 2.45) is 0 Å². The topological polar surface area (TPSA) is 80.3 Å². The van der Waals surface area contributed by atoms with E-state index < -0.39 is 23.6 Å². The molecule has 1 atom stereocenters. The van der Waals surface area contributed by atoms with E-state index >= 15 is 0 Å². The predicted octanol–water partition coefficient (Wildman–Crippen LogP) is -2.83. The summed E-state index contributed by atoms with van der Waals surface area (Å²) >= 11 is 3.38. The van der Waals surface area contributed by atoms with E-state index in [4.69, 9.17) is 0 Å². The van der Waals surface area contributed by atoms with Crippen LogP contribution < -0.4 is 10.2 Å². The molecule has 0 bridgehead atoms. The van der Waals surface area contributed by atoms with Crippen molar-refractivity contribution in [3.8, 4) is 0 Å². The monoisotopic (exact) mass is 255 g/mol. The number of thiol groups is 1. The van der Waals surface area contributed by atoms with Crippen molar-refractivity contribution >= 4 is 24.6 Å². The second-order valence-corrected chi connectivity index (χ2v) is 2.03. The number of carboxylic acids is 2. The molecule has 0 N–H and O–H groups in total. The first-order valence-electron chi connectivity index (χ1n) is 2.13. The fraction of sp³-hybridized carbons (Fsp3) is 0.500. The summed E-state index contributed by atoms with van der Waals surface area (Å²) in [4.78, 5) is 19.4. The van der Waals surface area contributed by atoms with Crippen LogP contribution in [0.3, 0.4) is 0 Å². The van der Waals surface area contributed by atoms with Gasteiger partial charge < -0.3 is 19.8 Å². The smallest absolute Gasteiger partial charge is 0.0545 e. The molecule has 0 aromatic heterocycles. The van der Waals surface area contributed by atoms with E-state index in [1.54, 1.807) is 0 Å². The van der Waals surface area contributed by atoms with Crippen molar-refractivity contribution in [2.75, 3.05) is 0 Å². The quantitative estimate of drug-likeness (QED) is 0.436. The number of aliphatic carboxylic acids is 2. The Morgan fingerprint density at radius 3 is 1.90 bits per heavy atom. The van der Waals surface area contributed by atoms with Crippen LogP contribution in [-0.2, 0) is 32.0 Å². The van der Waals surface area contributed by atoms with Crippen LogP contribution in [0.4, 0.5) is 0 Å². The molecule has 0 amide bonds. The first-order valence-corrected chi connectivity index (χ1v) is 2.64. The van der Waals surface area contributed by atoms with Crippen LogP contribution in [0, 0.1) is 0 Å². The molecular formula is C4H4AgO4S-2. The molecule has 1 unspecified atom stereocenters. The second-order valence-electron chi connectivity index (χ2n) is 1.41. The number of carbonyl (C=O) groups excluding carboxylic acids is 2. The normalized spacial score (nSPS) is 11.3. The summed E-state index contributed by atoms with van der Waals surface area (Å²) in [5.41, 5.74) is 0. The second kappa shape index (κ2) is 5.79. The Morgan fingerprint density at radius 2 is 1.80 bits per heavy atom. The first-order chi connectivity index (χ1) is 4.04. The number of carbonyl (C=O) groups is 2.